The van der Waals surface area contributed by atoms with Crippen LogP contribution in [0.4, 0.5) is 0 Å². The molecular weight excluding hydrogens is 234 g/mol. The number of nitrogens with two attached hydrogens (primary N) is 1. The third-order valence-electron chi connectivity index (χ3n) is 5.32. The van der Waals surface area contributed by atoms with Gasteiger partial charge in [0.2, 0.25) is 0 Å². The molecule has 2 aliphatic carbocycles. The minimum atomic E-state index is 0.0918. The molecule has 1 aromatic rings. The Bertz CT molecular complexity index is 508. The van der Waals surface area contributed by atoms with Crippen molar-refractivity contribution in [2.45, 2.75) is 51.5 Å². The second-order valence-electron chi connectivity index (χ2n) is 7.48. The summed E-state index contributed by atoms with van der Waals surface area (Å²) in [5.41, 5.74) is 9.98. The van der Waals surface area contributed by atoms with Crippen molar-refractivity contribution < 1.29 is 4.74 Å². The van der Waals surface area contributed by atoms with Crippen molar-refractivity contribution in [1.82, 2.24) is 0 Å². The highest BCUT2D eigenvalue weighted by Crippen LogP contribution is 2.54. The van der Waals surface area contributed by atoms with Crippen LogP contribution in [0, 0.1) is 11.3 Å². The van der Waals surface area contributed by atoms with E-state index in [2.05, 4.69) is 39.0 Å². The fraction of sp³-hybridized carbons (Fsp3) is 0.647. The minimum Gasteiger partial charge on any atom is -0.497 e. The van der Waals surface area contributed by atoms with Gasteiger partial charge < -0.3 is 10.5 Å². The van der Waals surface area contributed by atoms with Crippen molar-refractivity contribution in [2.24, 2.45) is 17.1 Å². The van der Waals surface area contributed by atoms with Gasteiger partial charge in [-0.1, -0.05) is 26.8 Å². The van der Waals surface area contributed by atoms with E-state index in [1.807, 2.05) is 0 Å². The molecule has 1 aromatic carbocycles. The van der Waals surface area contributed by atoms with Crippen LogP contribution in [-0.2, 0) is 11.8 Å². The lowest BCUT2D eigenvalue weighted by molar-refractivity contribution is 0.0687. The maximum Gasteiger partial charge on any atom is 0.119 e. The molecule has 0 aliphatic heterocycles. The number of hydrogen-bond donors (Lipinski definition) is 1. The molecule has 0 amide bonds. The van der Waals surface area contributed by atoms with Crippen LogP contribution >= 0.6 is 0 Å². The summed E-state index contributed by atoms with van der Waals surface area (Å²) in [4.78, 5) is 0. The Kier molecular flexibility index (Phi) is 2.72. The first-order chi connectivity index (χ1) is 8.86. The van der Waals surface area contributed by atoms with Crippen LogP contribution in [0.2, 0.25) is 0 Å². The molecule has 0 spiro atoms. The zero-order valence-electron chi connectivity index (χ0n) is 12.5. The van der Waals surface area contributed by atoms with Gasteiger partial charge in [0.25, 0.3) is 0 Å². The van der Waals surface area contributed by atoms with Gasteiger partial charge in [0.05, 0.1) is 7.11 Å². The quantitative estimate of drug-likeness (QED) is 0.840. The lowest BCUT2D eigenvalue weighted by Gasteiger charge is -2.55. The van der Waals surface area contributed by atoms with Gasteiger partial charge in [0.1, 0.15) is 5.75 Å². The molecule has 19 heavy (non-hydrogen) atoms. The molecule has 2 bridgehead atoms. The maximum atomic E-state index is 6.61. The molecular formula is C17H25NO. The summed E-state index contributed by atoms with van der Waals surface area (Å²) >= 11 is 0. The predicted molar refractivity (Wildman–Crippen MR) is 78.5 cm³/mol. The normalized spacial score (nSPS) is 35.6. The van der Waals surface area contributed by atoms with E-state index in [4.69, 9.17) is 10.5 Å². The van der Waals surface area contributed by atoms with E-state index < -0.39 is 0 Å². The van der Waals surface area contributed by atoms with Crippen LogP contribution < -0.4 is 10.5 Å². The summed E-state index contributed by atoms with van der Waals surface area (Å²) < 4.78 is 5.41. The molecule has 0 heterocycles. The highest BCUT2D eigenvalue weighted by atomic mass is 16.5. The Hall–Kier alpha value is -1.02. The standard InChI is InChI=1S/C17H25NO/c1-16(2)9-12-7-11-5-6-13(19-4)8-14(11)17(3,10-16)15(12)18/h5-6,8,12,15H,7,9-10,18H2,1-4H3. The molecule has 2 nitrogen and oxygen atoms in total. The Balaban J connectivity index is 2.14. The SMILES string of the molecule is COc1ccc2c(c1)C1(C)CC(C)(C)CC(C2)C1N. The molecule has 2 heteroatoms. The van der Waals surface area contributed by atoms with E-state index >= 15 is 0 Å². The molecule has 2 N–H and O–H groups in total. The van der Waals surface area contributed by atoms with E-state index in [1.165, 1.54) is 17.5 Å². The Labute approximate surface area is 116 Å². The van der Waals surface area contributed by atoms with Gasteiger partial charge in [0, 0.05) is 11.5 Å². The fourth-order valence-corrected chi connectivity index (χ4v) is 4.69. The summed E-state index contributed by atoms with van der Waals surface area (Å²) in [5, 5.41) is 0. The smallest absolute Gasteiger partial charge is 0.119 e. The first-order valence-electron chi connectivity index (χ1n) is 7.29. The molecule has 1 fully saturated rings. The number of rotatable bonds is 1. The number of fused-ring (bicyclic) bond motifs is 4. The Morgan fingerprint density at radius 2 is 2.00 bits per heavy atom. The molecule has 0 radical (unpaired) electrons. The van der Waals surface area contributed by atoms with E-state index in [1.54, 1.807) is 7.11 Å². The summed E-state index contributed by atoms with van der Waals surface area (Å²) in [7, 11) is 1.74. The molecule has 2 aliphatic rings. The lowest BCUT2D eigenvalue weighted by Crippen LogP contribution is -2.58. The molecule has 3 atom stereocenters. The molecule has 104 valence electrons. The van der Waals surface area contributed by atoms with Crippen LogP contribution in [0.15, 0.2) is 18.2 Å². The third kappa shape index (κ3) is 1.88. The third-order valence-corrected chi connectivity index (χ3v) is 5.32. The number of hydrogen-bond acceptors (Lipinski definition) is 2. The largest absolute Gasteiger partial charge is 0.497 e. The van der Waals surface area contributed by atoms with Crippen molar-refractivity contribution in [3.63, 3.8) is 0 Å². The highest BCUT2D eigenvalue weighted by molar-refractivity contribution is 5.45. The van der Waals surface area contributed by atoms with Crippen molar-refractivity contribution in [1.29, 1.82) is 0 Å². The zero-order valence-corrected chi connectivity index (χ0v) is 12.5. The fourth-order valence-electron chi connectivity index (χ4n) is 4.69. The Morgan fingerprint density at radius 3 is 2.68 bits per heavy atom. The molecule has 0 saturated heterocycles. The second-order valence-corrected chi connectivity index (χ2v) is 7.48. The van der Waals surface area contributed by atoms with Crippen LogP contribution in [-0.4, -0.2) is 13.2 Å². The van der Waals surface area contributed by atoms with Gasteiger partial charge in [-0.3, -0.25) is 0 Å². The van der Waals surface area contributed by atoms with Crippen molar-refractivity contribution >= 4 is 0 Å². The van der Waals surface area contributed by atoms with E-state index in [9.17, 15) is 0 Å². The first kappa shape index (κ1) is 13.0. The van der Waals surface area contributed by atoms with Gasteiger partial charge in [-0.25, -0.2) is 0 Å². The number of ether oxygens (including phenoxy) is 1. The summed E-state index contributed by atoms with van der Waals surface area (Å²) in [6.45, 7) is 7.12. The van der Waals surface area contributed by atoms with Crippen molar-refractivity contribution in [2.75, 3.05) is 7.11 Å². The van der Waals surface area contributed by atoms with E-state index in [-0.39, 0.29) is 11.5 Å². The average Bonchev–Trinajstić information content (AvgIpc) is 2.33. The number of benzene rings is 1. The van der Waals surface area contributed by atoms with Gasteiger partial charge in [-0.2, -0.15) is 0 Å². The number of methoxy groups -OCH3 is 1. The maximum absolute atomic E-state index is 6.61. The second kappa shape index (κ2) is 3.99. The van der Waals surface area contributed by atoms with Crippen molar-refractivity contribution in [3.8, 4) is 5.75 Å². The highest BCUT2D eigenvalue weighted by Gasteiger charge is 2.51. The summed E-state index contributed by atoms with van der Waals surface area (Å²) in [6.07, 6.45) is 3.53. The predicted octanol–water partition coefficient (Wildman–Crippen LogP) is 3.27. The van der Waals surface area contributed by atoms with Crippen molar-refractivity contribution in [3.05, 3.63) is 29.3 Å². The van der Waals surface area contributed by atoms with Gasteiger partial charge >= 0.3 is 0 Å². The minimum absolute atomic E-state index is 0.0918. The van der Waals surface area contributed by atoms with E-state index in [0.717, 1.165) is 18.6 Å². The average molecular weight is 259 g/mol. The monoisotopic (exact) mass is 259 g/mol. The first-order valence-corrected chi connectivity index (χ1v) is 7.29. The van der Waals surface area contributed by atoms with E-state index in [0.29, 0.717) is 11.3 Å². The van der Waals surface area contributed by atoms with Gasteiger partial charge in [-0.05, 0) is 53.9 Å². The molecule has 0 aromatic heterocycles. The van der Waals surface area contributed by atoms with Crippen LogP contribution in [0.25, 0.3) is 0 Å². The van der Waals surface area contributed by atoms with Crippen LogP contribution in [0.5, 0.6) is 5.75 Å². The Morgan fingerprint density at radius 1 is 1.26 bits per heavy atom. The van der Waals surface area contributed by atoms with Crippen LogP contribution in [0.3, 0.4) is 0 Å². The van der Waals surface area contributed by atoms with Gasteiger partial charge in [0.15, 0.2) is 0 Å². The zero-order chi connectivity index (χ0) is 13.8. The van der Waals surface area contributed by atoms with Gasteiger partial charge in [-0.15, -0.1) is 0 Å². The molecule has 3 rings (SSSR count). The summed E-state index contributed by atoms with van der Waals surface area (Å²) in [6, 6.07) is 6.82. The molecule has 1 saturated carbocycles. The molecule has 3 unspecified atom stereocenters. The summed E-state index contributed by atoms with van der Waals surface area (Å²) in [5.74, 6) is 1.57. The lowest BCUT2D eigenvalue weighted by atomic mass is 9.51. The van der Waals surface area contributed by atoms with Crippen LogP contribution in [0.1, 0.15) is 44.7 Å². The topological polar surface area (TPSA) is 35.2 Å².